The molecule has 0 saturated carbocycles. The minimum Gasteiger partial charge on any atom is -0.462 e. The lowest BCUT2D eigenvalue weighted by Gasteiger charge is -2.13. The summed E-state index contributed by atoms with van der Waals surface area (Å²) in [7, 11) is 0. The molecule has 2 aromatic rings. The monoisotopic (exact) mass is 401 g/mol. The second-order valence-corrected chi connectivity index (χ2v) is 6.57. The molecule has 0 spiro atoms. The van der Waals surface area contributed by atoms with Crippen molar-refractivity contribution in [2.24, 2.45) is 0 Å². The first-order chi connectivity index (χ1) is 12.1. The number of nitrogens with zero attached hydrogens (tertiary/aromatic N) is 1. The Balaban J connectivity index is 1.44. The standard InChI is InChI=1S/C19H16BrNO4/c20-14-9-7-13(8-10-14)19(24)25-12-4-3-11-21-17(22)15-5-1-2-6-16(15)18(21)23/h1-2,5-10H,3-4,11-12H2. The maximum absolute atomic E-state index is 12.2. The number of unbranched alkanes of at least 4 members (excludes halogenated alkanes) is 1. The number of amides is 2. The van der Waals surface area contributed by atoms with E-state index in [1.807, 2.05) is 0 Å². The van der Waals surface area contributed by atoms with Crippen LogP contribution < -0.4 is 0 Å². The molecule has 2 amide bonds. The Morgan fingerprint density at radius 2 is 1.52 bits per heavy atom. The molecule has 1 aliphatic heterocycles. The first-order valence-electron chi connectivity index (χ1n) is 7.96. The molecule has 1 aliphatic rings. The molecule has 0 atom stereocenters. The predicted molar refractivity (Wildman–Crippen MR) is 95.5 cm³/mol. The summed E-state index contributed by atoms with van der Waals surface area (Å²) in [5.41, 5.74) is 1.40. The van der Waals surface area contributed by atoms with Crippen LogP contribution in [-0.4, -0.2) is 35.8 Å². The van der Waals surface area contributed by atoms with Gasteiger partial charge >= 0.3 is 5.97 Å². The number of benzene rings is 2. The van der Waals surface area contributed by atoms with E-state index in [1.54, 1.807) is 48.5 Å². The van der Waals surface area contributed by atoms with Crippen molar-refractivity contribution in [3.8, 4) is 0 Å². The van der Waals surface area contributed by atoms with Gasteiger partial charge in [-0.3, -0.25) is 14.5 Å². The fraction of sp³-hybridized carbons (Fsp3) is 0.211. The van der Waals surface area contributed by atoms with Crippen LogP contribution in [0.15, 0.2) is 53.0 Å². The van der Waals surface area contributed by atoms with Crippen molar-refractivity contribution in [1.29, 1.82) is 0 Å². The van der Waals surface area contributed by atoms with Crippen LogP contribution in [0.25, 0.3) is 0 Å². The van der Waals surface area contributed by atoms with Gasteiger partial charge in [-0.15, -0.1) is 0 Å². The van der Waals surface area contributed by atoms with Crippen molar-refractivity contribution in [2.45, 2.75) is 12.8 Å². The lowest BCUT2D eigenvalue weighted by Crippen LogP contribution is -2.30. The number of esters is 1. The largest absolute Gasteiger partial charge is 0.462 e. The van der Waals surface area contributed by atoms with Crippen molar-refractivity contribution < 1.29 is 19.1 Å². The zero-order chi connectivity index (χ0) is 17.8. The van der Waals surface area contributed by atoms with E-state index in [-0.39, 0.29) is 24.4 Å². The topological polar surface area (TPSA) is 63.7 Å². The molecule has 25 heavy (non-hydrogen) atoms. The minimum absolute atomic E-state index is 0.248. The number of carbonyl (C=O) groups is 3. The van der Waals surface area contributed by atoms with Crippen LogP contribution in [0.1, 0.15) is 43.9 Å². The molecular weight excluding hydrogens is 386 g/mol. The smallest absolute Gasteiger partial charge is 0.338 e. The number of ether oxygens (including phenoxy) is 1. The SMILES string of the molecule is O=C(OCCCCN1C(=O)c2ccccc2C1=O)c1ccc(Br)cc1. The fourth-order valence-electron chi connectivity index (χ4n) is 2.65. The van der Waals surface area contributed by atoms with Crippen molar-refractivity contribution >= 4 is 33.7 Å². The first-order valence-corrected chi connectivity index (χ1v) is 8.75. The van der Waals surface area contributed by atoms with Gasteiger partial charge in [0, 0.05) is 11.0 Å². The minimum atomic E-state index is -0.381. The molecular formula is C19H16BrNO4. The number of rotatable bonds is 6. The Labute approximate surface area is 153 Å². The normalized spacial score (nSPS) is 13.1. The van der Waals surface area contributed by atoms with Gasteiger partial charge in [0.05, 0.1) is 23.3 Å². The summed E-state index contributed by atoms with van der Waals surface area (Å²) in [6.45, 7) is 0.570. The second kappa shape index (κ2) is 7.61. The van der Waals surface area contributed by atoms with Crippen LogP contribution in [0.4, 0.5) is 0 Å². The average Bonchev–Trinajstić information content (AvgIpc) is 2.87. The molecule has 3 rings (SSSR count). The summed E-state index contributed by atoms with van der Waals surface area (Å²) in [6, 6.07) is 13.7. The molecule has 5 nitrogen and oxygen atoms in total. The third kappa shape index (κ3) is 3.79. The van der Waals surface area contributed by atoms with Crippen molar-refractivity contribution in [3.63, 3.8) is 0 Å². The lowest BCUT2D eigenvalue weighted by atomic mass is 10.1. The van der Waals surface area contributed by atoms with Crippen LogP contribution in [0.3, 0.4) is 0 Å². The maximum Gasteiger partial charge on any atom is 0.338 e. The van der Waals surface area contributed by atoms with Crippen LogP contribution >= 0.6 is 15.9 Å². The molecule has 0 aromatic heterocycles. The van der Waals surface area contributed by atoms with Gasteiger partial charge in [-0.05, 0) is 49.2 Å². The van der Waals surface area contributed by atoms with Gasteiger partial charge in [0.1, 0.15) is 0 Å². The molecule has 2 aromatic carbocycles. The molecule has 1 heterocycles. The number of hydrogen-bond donors (Lipinski definition) is 0. The quantitative estimate of drug-likeness (QED) is 0.420. The Morgan fingerprint density at radius 1 is 0.920 bits per heavy atom. The zero-order valence-electron chi connectivity index (χ0n) is 13.4. The van der Waals surface area contributed by atoms with Crippen molar-refractivity contribution in [3.05, 3.63) is 69.7 Å². The molecule has 128 valence electrons. The molecule has 0 bridgehead atoms. The van der Waals surface area contributed by atoms with Crippen LogP contribution in [0.5, 0.6) is 0 Å². The Morgan fingerprint density at radius 3 is 2.12 bits per heavy atom. The molecule has 0 aliphatic carbocycles. The third-order valence-electron chi connectivity index (χ3n) is 3.97. The number of carbonyl (C=O) groups excluding carboxylic acids is 3. The Hall–Kier alpha value is -2.47. The van der Waals surface area contributed by atoms with E-state index >= 15 is 0 Å². The third-order valence-corrected chi connectivity index (χ3v) is 4.50. The van der Waals surface area contributed by atoms with E-state index in [0.29, 0.717) is 36.1 Å². The molecule has 0 N–H and O–H groups in total. The highest BCUT2D eigenvalue weighted by Crippen LogP contribution is 2.22. The summed E-state index contributed by atoms with van der Waals surface area (Å²) in [5, 5.41) is 0. The van der Waals surface area contributed by atoms with Crippen LogP contribution in [-0.2, 0) is 4.74 Å². The summed E-state index contributed by atoms with van der Waals surface area (Å²) < 4.78 is 6.10. The highest BCUT2D eigenvalue weighted by Gasteiger charge is 2.34. The van der Waals surface area contributed by atoms with E-state index in [0.717, 1.165) is 4.47 Å². The van der Waals surface area contributed by atoms with Gasteiger partial charge in [0.2, 0.25) is 0 Å². The van der Waals surface area contributed by atoms with E-state index in [9.17, 15) is 14.4 Å². The van der Waals surface area contributed by atoms with E-state index in [2.05, 4.69) is 15.9 Å². The number of halogens is 1. The number of imide groups is 1. The number of hydrogen-bond acceptors (Lipinski definition) is 4. The lowest BCUT2D eigenvalue weighted by molar-refractivity contribution is 0.0485. The van der Waals surface area contributed by atoms with Crippen LogP contribution in [0, 0.1) is 0 Å². The van der Waals surface area contributed by atoms with E-state index < -0.39 is 0 Å². The second-order valence-electron chi connectivity index (χ2n) is 5.66. The Bertz CT molecular complexity index is 781. The van der Waals surface area contributed by atoms with E-state index in [1.165, 1.54) is 4.90 Å². The molecule has 0 fully saturated rings. The van der Waals surface area contributed by atoms with Crippen molar-refractivity contribution in [1.82, 2.24) is 4.90 Å². The van der Waals surface area contributed by atoms with Gasteiger partial charge in [0.25, 0.3) is 11.8 Å². The average molecular weight is 402 g/mol. The van der Waals surface area contributed by atoms with Gasteiger partial charge in [0.15, 0.2) is 0 Å². The summed E-state index contributed by atoms with van der Waals surface area (Å²) in [5.74, 6) is -0.895. The highest BCUT2D eigenvalue weighted by atomic mass is 79.9. The zero-order valence-corrected chi connectivity index (χ0v) is 15.0. The van der Waals surface area contributed by atoms with Crippen LogP contribution in [0.2, 0.25) is 0 Å². The maximum atomic E-state index is 12.2. The van der Waals surface area contributed by atoms with Gasteiger partial charge in [-0.2, -0.15) is 0 Å². The molecule has 0 unspecified atom stereocenters. The molecule has 0 radical (unpaired) electrons. The van der Waals surface area contributed by atoms with E-state index in [4.69, 9.17) is 4.74 Å². The first kappa shape index (κ1) is 17.4. The summed E-state index contributed by atoms with van der Waals surface area (Å²) in [6.07, 6.45) is 1.16. The number of fused-ring (bicyclic) bond motifs is 1. The summed E-state index contributed by atoms with van der Waals surface area (Å²) in [4.78, 5) is 37.5. The highest BCUT2D eigenvalue weighted by molar-refractivity contribution is 9.10. The van der Waals surface area contributed by atoms with Gasteiger partial charge in [-0.25, -0.2) is 4.79 Å². The predicted octanol–water partition coefficient (Wildman–Crippen LogP) is 3.68. The molecule has 6 heteroatoms. The van der Waals surface area contributed by atoms with Crippen molar-refractivity contribution in [2.75, 3.05) is 13.2 Å². The van der Waals surface area contributed by atoms with Gasteiger partial charge < -0.3 is 4.74 Å². The Kier molecular flexibility index (Phi) is 5.28. The van der Waals surface area contributed by atoms with Gasteiger partial charge in [-0.1, -0.05) is 28.1 Å². The molecule has 0 saturated heterocycles. The fourth-order valence-corrected chi connectivity index (χ4v) is 2.91. The summed E-state index contributed by atoms with van der Waals surface area (Å²) >= 11 is 3.31.